The van der Waals surface area contributed by atoms with Gasteiger partial charge < -0.3 is 19.9 Å². The molecule has 0 fully saturated rings. The van der Waals surface area contributed by atoms with Gasteiger partial charge in [0, 0.05) is 23.4 Å². The molecule has 0 radical (unpaired) electrons. The molecule has 2 aromatic carbocycles. The second kappa shape index (κ2) is 12.8. The summed E-state index contributed by atoms with van der Waals surface area (Å²) in [4.78, 5) is 42.4. The molecule has 1 aromatic heterocycles. The summed E-state index contributed by atoms with van der Waals surface area (Å²) in [7, 11) is 0. The average molecular weight is 547 g/mol. The van der Waals surface area contributed by atoms with E-state index < -0.39 is 23.6 Å². The summed E-state index contributed by atoms with van der Waals surface area (Å²) in [6, 6.07) is 14.1. The lowest BCUT2D eigenvalue weighted by Crippen LogP contribution is -2.32. The second-order valence-electron chi connectivity index (χ2n) is 11.3. The molecule has 0 spiro atoms. The number of aromatic carboxylic acids is 1. The highest BCUT2D eigenvalue weighted by Crippen LogP contribution is 2.33. The zero-order chi connectivity index (χ0) is 29.6. The number of hydrogen-bond acceptors (Lipinski definition) is 6. The number of carbonyl (C=O) groups excluding carboxylic acids is 2. The van der Waals surface area contributed by atoms with Crippen molar-refractivity contribution in [1.82, 2.24) is 10.3 Å². The highest BCUT2D eigenvalue weighted by Gasteiger charge is 2.26. The van der Waals surface area contributed by atoms with Gasteiger partial charge in [0.05, 0.1) is 16.8 Å². The van der Waals surface area contributed by atoms with E-state index in [0.29, 0.717) is 34.4 Å². The van der Waals surface area contributed by atoms with Crippen molar-refractivity contribution in [2.75, 3.05) is 0 Å². The first kappa shape index (κ1) is 30.3. The minimum absolute atomic E-state index is 0.105. The number of alkyl carbamates (subject to hydrolysis) is 1. The number of esters is 1. The molecule has 0 saturated heterocycles. The van der Waals surface area contributed by atoms with Gasteiger partial charge in [0.1, 0.15) is 12.2 Å². The maximum absolute atomic E-state index is 13.6. The standard InChI is InChI=1S/C32H38N2O6/c1-19(2)15-26-25(17-33-31(38)40-32(5,6)7)28(23-13-11-20(3)12-14-23)27(21(4)34-26)30(37)39-18-22-9-8-10-24(16-22)29(35)36/h8-14,16,19H,15,17-18H2,1-7H3,(H,33,38)(H,35,36). The number of hydrogen-bond donors (Lipinski definition) is 2. The van der Waals surface area contributed by atoms with Gasteiger partial charge in [-0.05, 0) is 70.2 Å². The molecular weight excluding hydrogens is 508 g/mol. The lowest BCUT2D eigenvalue weighted by Gasteiger charge is -2.23. The quantitative estimate of drug-likeness (QED) is 0.289. The maximum Gasteiger partial charge on any atom is 0.407 e. The number of pyridine rings is 1. The number of nitrogens with one attached hydrogen (secondary N) is 1. The number of nitrogens with zero attached hydrogens (tertiary/aromatic N) is 1. The predicted molar refractivity (Wildman–Crippen MR) is 153 cm³/mol. The summed E-state index contributed by atoms with van der Waals surface area (Å²) >= 11 is 0. The molecule has 1 amide bonds. The van der Waals surface area contributed by atoms with Crippen molar-refractivity contribution >= 4 is 18.0 Å². The number of amides is 1. The summed E-state index contributed by atoms with van der Waals surface area (Å²) in [6.07, 6.45) is 0.0726. The average Bonchev–Trinajstić information content (AvgIpc) is 2.85. The largest absolute Gasteiger partial charge is 0.478 e. The van der Waals surface area contributed by atoms with E-state index in [4.69, 9.17) is 14.5 Å². The highest BCUT2D eigenvalue weighted by atomic mass is 16.6. The summed E-state index contributed by atoms with van der Waals surface area (Å²) in [5, 5.41) is 12.1. The van der Waals surface area contributed by atoms with Crippen molar-refractivity contribution in [2.24, 2.45) is 5.92 Å². The predicted octanol–water partition coefficient (Wildman–Crippen LogP) is 6.64. The van der Waals surface area contributed by atoms with E-state index in [1.807, 2.05) is 31.2 Å². The van der Waals surface area contributed by atoms with Crippen LogP contribution in [0.1, 0.15) is 83.4 Å². The molecule has 2 N–H and O–H groups in total. The van der Waals surface area contributed by atoms with Crippen molar-refractivity contribution in [3.05, 3.63) is 87.7 Å². The van der Waals surface area contributed by atoms with E-state index in [-0.39, 0.29) is 24.6 Å². The Hall–Kier alpha value is -4.20. The Bertz CT molecular complexity index is 1390. The molecule has 8 heteroatoms. The van der Waals surface area contributed by atoms with Gasteiger partial charge in [0.25, 0.3) is 0 Å². The molecule has 0 aliphatic heterocycles. The van der Waals surface area contributed by atoms with Crippen LogP contribution in [-0.4, -0.2) is 33.7 Å². The van der Waals surface area contributed by atoms with Crippen LogP contribution in [-0.2, 0) is 29.0 Å². The Kier molecular flexibility index (Phi) is 9.69. The number of aryl methyl sites for hydroxylation is 2. The third kappa shape index (κ3) is 8.15. The number of carboxylic acid groups (broad SMARTS) is 1. The smallest absolute Gasteiger partial charge is 0.407 e. The van der Waals surface area contributed by atoms with Crippen LogP contribution in [0.25, 0.3) is 11.1 Å². The van der Waals surface area contributed by atoms with Crippen LogP contribution in [0.3, 0.4) is 0 Å². The first-order chi connectivity index (χ1) is 18.7. The molecule has 3 rings (SSSR count). The van der Waals surface area contributed by atoms with Crippen molar-refractivity contribution in [2.45, 2.75) is 73.6 Å². The van der Waals surface area contributed by atoms with Gasteiger partial charge in [0.2, 0.25) is 0 Å². The highest BCUT2D eigenvalue weighted by molar-refractivity contribution is 5.99. The number of aromatic nitrogens is 1. The number of ether oxygens (including phenoxy) is 2. The van der Waals surface area contributed by atoms with Gasteiger partial charge in [-0.2, -0.15) is 0 Å². The Morgan fingerprint density at radius 1 is 1.02 bits per heavy atom. The van der Waals surface area contributed by atoms with Crippen LogP contribution < -0.4 is 5.32 Å². The van der Waals surface area contributed by atoms with E-state index >= 15 is 0 Å². The summed E-state index contributed by atoms with van der Waals surface area (Å²) < 4.78 is 11.2. The Morgan fingerprint density at radius 2 is 1.70 bits per heavy atom. The number of carbonyl (C=O) groups is 3. The lowest BCUT2D eigenvalue weighted by molar-refractivity contribution is 0.0471. The van der Waals surface area contributed by atoms with E-state index in [9.17, 15) is 19.5 Å². The van der Waals surface area contributed by atoms with E-state index in [1.54, 1.807) is 39.8 Å². The molecule has 3 aromatic rings. The molecule has 0 aliphatic rings. The normalized spacial score (nSPS) is 11.3. The molecule has 0 atom stereocenters. The monoisotopic (exact) mass is 546 g/mol. The van der Waals surface area contributed by atoms with Crippen LogP contribution in [0, 0.1) is 19.8 Å². The summed E-state index contributed by atoms with van der Waals surface area (Å²) in [5.74, 6) is -1.37. The SMILES string of the molecule is Cc1ccc(-c2c(CNC(=O)OC(C)(C)C)c(CC(C)C)nc(C)c2C(=O)OCc2cccc(C(=O)O)c2)cc1. The van der Waals surface area contributed by atoms with Crippen molar-refractivity contribution in [1.29, 1.82) is 0 Å². The van der Waals surface area contributed by atoms with Crippen molar-refractivity contribution in [3.63, 3.8) is 0 Å². The minimum atomic E-state index is -1.06. The van der Waals surface area contributed by atoms with Crippen LogP contribution in [0.4, 0.5) is 4.79 Å². The number of carboxylic acids is 1. The first-order valence-electron chi connectivity index (χ1n) is 13.3. The summed E-state index contributed by atoms with van der Waals surface area (Å²) in [6.45, 7) is 13.3. The molecule has 0 bridgehead atoms. The zero-order valence-corrected chi connectivity index (χ0v) is 24.3. The van der Waals surface area contributed by atoms with Gasteiger partial charge in [-0.15, -0.1) is 0 Å². The lowest BCUT2D eigenvalue weighted by atomic mass is 9.89. The second-order valence-corrected chi connectivity index (χ2v) is 11.3. The van der Waals surface area contributed by atoms with Crippen LogP contribution >= 0.6 is 0 Å². The Labute approximate surface area is 235 Å². The number of benzene rings is 2. The van der Waals surface area contributed by atoms with Crippen LogP contribution in [0.15, 0.2) is 48.5 Å². The first-order valence-corrected chi connectivity index (χ1v) is 13.3. The molecule has 8 nitrogen and oxygen atoms in total. The van der Waals surface area contributed by atoms with Gasteiger partial charge in [-0.3, -0.25) is 4.98 Å². The van der Waals surface area contributed by atoms with Crippen LogP contribution in [0.5, 0.6) is 0 Å². The van der Waals surface area contributed by atoms with E-state index in [2.05, 4.69) is 19.2 Å². The fourth-order valence-corrected chi connectivity index (χ4v) is 4.33. The molecule has 0 saturated carbocycles. The number of rotatable bonds is 9. The Balaban J connectivity index is 2.10. The molecule has 212 valence electrons. The van der Waals surface area contributed by atoms with Crippen molar-refractivity contribution in [3.8, 4) is 11.1 Å². The fourth-order valence-electron chi connectivity index (χ4n) is 4.33. The van der Waals surface area contributed by atoms with Crippen LogP contribution in [0.2, 0.25) is 0 Å². The minimum Gasteiger partial charge on any atom is -0.478 e. The molecule has 40 heavy (non-hydrogen) atoms. The van der Waals surface area contributed by atoms with E-state index in [1.165, 1.54) is 12.1 Å². The zero-order valence-electron chi connectivity index (χ0n) is 24.3. The maximum atomic E-state index is 13.6. The van der Waals surface area contributed by atoms with Gasteiger partial charge in [0.15, 0.2) is 0 Å². The summed E-state index contributed by atoms with van der Waals surface area (Å²) in [5.41, 5.74) is 4.81. The van der Waals surface area contributed by atoms with Gasteiger partial charge in [-0.1, -0.05) is 55.8 Å². The molecule has 0 unspecified atom stereocenters. The Morgan fingerprint density at radius 3 is 2.30 bits per heavy atom. The third-order valence-corrected chi connectivity index (χ3v) is 6.06. The van der Waals surface area contributed by atoms with Gasteiger partial charge in [-0.25, -0.2) is 14.4 Å². The third-order valence-electron chi connectivity index (χ3n) is 6.06. The fraction of sp³-hybridized carbons (Fsp3) is 0.375. The molecular formula is C32H38N2O6. The topological polar surface area (TPSA) is 115 Å². The van der Waals surface area contributed by atoms with E-state index in [0.717, 1.165) is 16.8 Å². The van der Waals surface area contributed by atoms with Crippen molar-refractivity contribution < 1.29 is 29.0 Å². The van der Waals surface area contributed by atoms with Gasteiger partial charge >= 0.3 is 18.0 Å². The molecule has 1 heterocycles. The molecule has 0 aliphatic carbocycles.